The number of rotatable bonds is 5. The van der Waals surface area contributed by atoms with E-state index in [1.54, 1.807) is 0 Å². The zero-order valence-electron chi connectivity index (χ0n) is 14.2. The van der Waals surface area contributed by atoms with Crippen molar-refractivity contribution >= 4 is 11.8 Å². The van der Waals surface area contributed by atoms with Gasteiger partial charge in [-0.15, -0.1) is 0 Å². The molecule has 130 valence electrons. The minimum atomic E-state index is -0.229. The average molecular weight is 323 g/mol. The Bertz CT molecular complexity index is 433. The fourth-order valence-corrected chi connectivity index (χ4v) is 3.43. The third kappa shape index (κ3) is 4.67. The van der Waals surface area contributed by atoms with Crippen LogP contribution < -0.4 is 0 Å². The molecule has 0 aromatic rings. The molecule has 2 aliphatic heterocycles. The molecule has 1 unspecified atom stereocenters. The summed E-state index contributed by atoms with van der Waals surface area (Å²) in [6.07, 6.45) is 5.07. The monoisotopic (exact) mass is 323 g/mol. The van der Waals surface area contributed by atoms with Crippen molar-refractivity contribution in [3.8, 4) is 0 Å². The summed E-state index contributed by atoms with van der Waals surface area (Å²) in [5.41, 5.74) is 0. The average Bonchev–Trinajstić information content (AvgIpc) is 3.24. The fraction of sp³-hybridized carbons (Fsp3) is 0.882. The van der Waals surface area contributed by atoms with Crippen molar-refractivity contribution in [2.45, 2.75) is 38.2 Å². The zero-order chi connectivity index (χ0) is 16.2. The second-order valence-electron chi connectivity index (χ2n) is 7.17. The van der Waals surface area contributed by atoms with Crippen LogP contribution in [0.1, 0.15) is 32.1 Å². The summed E-state index contributed by atoms with van der Waals surface area (Å²) < 4.78 is 5.51. The van der Waals surface area contributed by atoms with Gasteiger partial charge in [0.05, 0.1) is 6.54 Å². The zero-order valence-corrected chi connectivity index (χ0v) is 14.2. The summed E-state index contributed by atoms with van der Waals surface area (Å²) in [6, 6.07) is 0. The molecule has 2 saturated heterocycles. The highest BCUT2D eigenvalue weighted by Gasteiger charge is 2.30. The van der Waals surface area contributed by atoms with Crippen LogP contribution in [0.5, 0.6) is 0 Å². The molecule has 3 fully saturated rings. The number of likely N-dealkylation sites (N-methyl/N-ethyl adjacent to an activating group) is 1. The van der Waals surface area contributed by atoms with Crippen LogP contribution in [0.15, 0.2) is 0 Å². The largest absolute Gasteiger partial charge is 0.368 e. The summed E-state index contributed by atoms with van der Waals surface area (Å²) in [5.74, 6) is 1.07. The number of carbonyl (C=O) groups excluding carboxylic acids is 2. The van der Waals surface area contributed by atoms with Crippen molar-refractivity contribution in [3.63, 3.8) is 0 Å². The molecular formula is C17H29N3O3. The Morgan fingerprint density at radius 3 is 2.61 bits per heavy atom. The molecule has 6 nitrogen and oxygen atoms in total. The second kappa shape index (κ2) is 7.62. The Morgan fingerprint density at radius 2 is 1.91 bits per heavy atom. The predicted octanol–water partition coefficient (Wildman–Crippen LogP) is 0.568. The van der Waals surface area contributed by atoms with Gasteiger partial charge in [-0.05, 0) is 38.0 Å². The van der Waals surface area contributed by atoms with E-state index in [2.05, 4.69) is 4.90 Å². The minimum absolute atomic E-state index is 0.140. The lowest BCUT2D eigenvalue weighted by Crippen LogP contribution is -2.43. The van der Waals surface area contributed by atoms with E-state index in [0.29, 0.717) is 19.7 Å². The lowest BCUT2D eigenvalue weighted by Gasteiger charge is -2.25. The maximum atomic E-state index is 12.4. The van der Waals surface area contributed by atoms with Gasteiger partial charge in [-0.25, -0.2) is 0 Å². The van der Waals surface area contributed by atoms with E-state index in [9.17, 15) is 9.59 Å². The van der Waals surface area contributed by atoms with Crippen LogP contribution in [0, 0.1) is 5.92 Å². The summed E-state index contributed by atoms with van der Waals surface area (Å²) in [4.78, 5) is 30.7. The van der Waals surface area contributed by atoms with Crippen molar-refractivity contribution in [1.29, 1.82) is 0 Å². The van der Waals surface area contributed by atoms with Gasteiger partial charge in [0.25, 0.3) is 5.91 Å². The molecular weight excluding hydrogens is 294 g/mol. The summed E-state index contributed by atoms with van der Waals surface area (Å²) in [6.45, 7) is 5.24. The maximum absolute atomic E-state index is 12.4. The van der Waals surface area contributed by atoms with Crippen LogP contribution in [0.4, 0.5) is 0 Å². The van der Waals surface area contributed by atoms with Gasteiger partial charge in [0.15, 0.2) is 0 Å². The quantitative estimate of drug-likeness (QED) is 0.742. The molecule has 0 N–H and O–H groups in total. The molecule has 3 rings (SSSR count). The Balaban J connectivity index is 1.44. The highest BCUT2D eigenvalue weighted by molar-refractivity contribution is 5.81. The van der Waals surface area contributed by atoms with Gasteiger partial charge >= 0.3 is 0 Å². The van der Waals surface area contributed by atoms with Crippen molar-refractivity contribution in [1.82, 2.24) is 14.7 Å². The Labute approximate surface area is 138 Å². The van der Waals surface area contributed by atoms with Crippen LogP contribution in [0.2, 0.25) is 0 Å². The standard InChI is InChI=1S/C17H29N3O3/c1-18(12-14-5-6-14)16(21)13-19-7-3-8-20(10-9-19)17(22)15-4-2-11-23-15/h14-15H,2-13H2,1H3. The molecule has 0 spiro atoms. The normalized spacial score (nSPS) is 26.1. The summed E-state index contributed by atoms with van der Waals surface area (Å²) >= 11 is 0. The third-order valence-corrected chi connectivity index (χ3v) is 5.12. The topological polar surface area (TPSA) is 53.1 Å². The van der Waals surface area contributed by atoms with E-state index < -0.39 is 0 Å². The first-order valence-corrected chi connectivity index (χ1v) is 9.00. The molecule has 1 atom stereocenters. The first-order chi connectivity index (χ1) is 11.1. The van der Waals surface area contributed by atoms with Gasteiger partial charge in [-0.1, -0.05) is 0 Å². The molecule has 3 aliphatic rings. The Kier molecular flexibility index (Phi) is 5.54. The van der Waals surface area contributed by atoms with Crippen LogP contribution in [0.3, 0.4) is 0 Å². The number of amides is 2. The fourth-order valence-electron chi connectivity index (χ4n) is 3.43. The van der Waals surface area contributed by atoms with Gasteiger partial charge in [-0.3, -0.25) is 14.5 Å². The summed E-state index contributed by atoms with van der Waals surface area (Å²) in [7, 11) is 1.91. The molecule has 6 heteroatoms. The Morgan fingerprint density at radius 1 is 1.09 bits per heavy atom. The Hall–Kier alpha value is -1.14. The van der Waals surface area contributed by atoms with E-state index in [1.807, 2.05) is 16.8 Å². The van der Waals surface area contributed by atoms with Gasteiger partial charge in [0.2, 0.25) is 5.91 Å². The van der Waals surface area contributed by atoms with Crippen LogP contribution >= 0.6 is 0 Å². The van der Waals surface area contributed by atoms with Gasteiger partial charge in [0, 0.05) is 46.4 Å². The lowest BCUT2D eigenvalue weighted by atomic mass is 10.2. The van der Waals surface area contributed by atoms with Crippen LogP contribution in [-0.2, 0) is 14.3 Å². The van der Waals surface area contributed by atoms with Gasteiger partial charge in [-0.2, -0.15) is 0 Å². The highest BCUT2D eigenvalue weighted by atomic mass is 16.5. The molecule has 23 heavy (non-hydrogen) atoms. The molecule has 1 aliphatic carbocycles. The first-order valence-electron chi connectivity index (χ1n) is 9.00. The van der Waals surface area contributed by atoms with E-state index in [4.69, 9.17) is 4.74 Å². The van der Waals surface area contributed by atoms with Crippen molar-refractivity contribution in [3.05, 3.63) is 0 Å². The van der Waals surface area contributed by atoms with Gasteiger partial charge < -0.3 is 14.5 Å². The second-order valence-corrected chi connectivity index (χ2v) is 7.17. The molecule has 2 heterocycles. The smallest absolute Gasteiger partial charge is 0.251 e. The lowest BCUT2D eigenvalue weighted by molar-refractivity contribution is -0.140. The number of carbonyl (C=O) groups is 2. The number of ether oxygens (including phenoxy) is 1. The molecule has 0 aromatic heterocycles. The minimum Gasteiger partial charge on any atom is -0.368 e. The molecule has 0 bridgehead atoms. The van der Waals surface area contributed by atoms with Gasteiger partial charge in [0.1, 0.15) is 6.10 Å². The SMILES string of the molecule is CN(CC1CC1)C(=O)CN1CCCN(C(=O)C2CCCO2)CC1. The maximum Gasteiger partial charge on any atom is 0.251 e. The predicted molar refractivity (Wildman–Crippen MR) is 87.0 cm³/mol. The third-order valence-electron chi connectivity index (χ3n) is 5.12. The highest BCUT2D eigenvalue weighted by Crippen LogP contribution is 2.29. The van der Waals surface area contributed by atoms with Crippen LogP contribution in [-0.4, -0.2) is 85.5 Å². The van der Waals surface area contributed by atoms with Crippen molar-refractivity contribution < 1.29 is 14.3 Å². The molecule has 0 radical (unpaired) electrons. The van der Waals surface area contributed by atoms with E-state index >= 15 is 0 Å². The van der Waals surface area contributed by atoms with Crippen LogP contribution in [0.25, 0.3) is 0 Å². The molecule has 1 saturated carbocycles. The molecule has 2 amide bonds. The van der Waals surface area contributed by atoms with E-state index in [0.717, 1.165) is 51.4 Å². The number of hydrogen-bond acceptors (Lipinski definition) is 4. The van der Waals surface area contributed by atoms with E-state index in [-0.39, 0.29) is 17.9 Å². The first kappa shape index (κ1) is 16.7. The van der Waals surface area contributed by atoms with Crippen molar-refractivity contribution in [2.24, 2.45) is 5.92 Å². The molecule has 0 aromatic carbocycles. The number of nitrogens with zero attached hydrogens (tertiary/aromatic N) is 3. The summed E-state index contributed by atoms with van der Waals surface area (Å²) in [5, 5.41) is 0. The number of hydrogen-bond donors (Lipinski definition) is 0. The van der Waals surface area contributed by atoms with E-state index in [1.165, 1.54) is 12.8 Å². The van der Waals surface area contributed by atoms with Crippen molar-refractivity contribution in [2.75, 3.05) is 52.9 Å².